The molecule has 0 spiro atoms. The predicted molar refractivity (Wildman–Crippen MR) is 133 cm³/mol. The molecule has 1 aromatic heterocycles. The first-order chi connectivity index (χ1) is 16.9. The summed E-state index contributed by atoms with van der Waals surface area (Å²) in [6.07, 6.45) is 2.92. The normalized spacial score (nSPS) is 21.3. The topological polar surface area (TPSA) is 87.5 Å². The van der Waals surface area contributed by atoms with Crippen molar-refractivity contribution in [1.29, 1.82) is 0 Å². The highest BCUT2D eigenvalue weighted by Crippen LogP contribution is 2.41. The predicted octanol–water partition coefficient (Wildman–Crippen LogP) is 3.84. The minimum atomic E-state index is -0.699. The Balaban J connectivity index is 1.37. The van der Waals surface area contributed by atoms with Crippen LogP contribution in [0.25, 0.3) is 10.8 Å². The molecule has 3 amide bonds. The van der Waals surface area contributed by atoms with Crippen molar-refractivity contribution in [1.82, 2.24) is 19.5 Å². The Morgan fingerprint density at radius 1 is 1.06 bits per heavy atom. The molecule has 0 aliphatic carbocycles. The van der Waals surface area contributed by atoms with Gasteiger partial charge in [-0.15, -0.1) is 0 Å². The molecule has 6 rings (SSSR count). The van der Waals surface area contributed by atoms with Crippen molar-refractivity contribution in [2.75, 3.05) is 18.0 Å². The summed E-state index contributed by atoms with van der Waals surface area (Å²) in [4.78, 5) is 39.1. The van der Waals surface area contributed by atoms with E-state index in [4.69, 9.17) is 23.4 Å². The summed E-state index contributed by atoms with van der Waals surface area (Å²) in [5.74, 6) is -0.942. The van der Waals surface area contributed by atoms with Gasteiger partial charge in [-0.25, -0.2) is 4.42 Å². The molecule has 1 atom stereocenters. The van der Waals surface area contributed by atoms with E-state index in [1.807, 2.05) is 35.0 Å². The Bertz CT molecular complexity index is 1380. The summed E-state index contributed by atoms with van der Waals surface area (Å²) >= 11 is 12.5. The summed E-state index contributed by atoms with van der Waals surface area (Å²) in [5, 5.41) is 9.19. The fourth-order valence-corrected chi connectivity index (χ4v) is 5.98. The minimum absolute atomic E-state index is 0.210. The fraction of sp³-hybridized carbons (Fsp3) is 0.360. The Morgan fingerprint density at radius 3 is 2.63 bits per heavy atom. The van der Waals surface area contributed by atoms with Crippen molar-refractivity contribution >= 4 is 57.6 Å². The standard InChI is InChI=1S/C25H23Cl2N5O3/c26-21-13-16(32(29-21)15-8-10-30(27)11-9-15)12-14-4-5-19-23-17(14)2-1-3-18(23)25(35)31(19)20-6-7-22(33)28-24(20)34/h1-5,13,15,20H,6-12H2,(H,28,33,34). The van der Waals surface area contributed by atoms with E-state index in [-0.39, 0.29) is 24.3 Å². The van der Waals surface area contributed by atoms with Crippen molar-refractivity contribution in [3.8, 4) is 0 Å². The summed E-state index contributed by atoms with van der Waals surface area (Å²) < 4.78 is 3.83. The van der Waals surface area contributed by atoms with E-state index >= 15 is 0 Å². The van der Waals surface area contributed by atoms with E-state index in [1.54, 1.807) is 15.4 Å². The summed E-state index contributed by atoms with van der Waals surface area (Å²) in [6.45, 7) is 1.59. The van der Waals surface area contributed by atoms with E-state index in [0.717, 1.165) is 48.0 Å². The van der Waals surface area contributed by atoms with Crippen LogP contribution in [0.2, 0.25) is 5.15 Å². The van der Waals surface area contributed by atoms with Gasteiger partial charge in [-0.3, -0.25) is 29.3 Å². The van der Waals surface area contributed by atoms with Gasteiger partial charge < -0.3 is 0 Å². The SMILES string of the molecule is O=C1CCC(N2C(=O)c3cccc4c(Cc5cc(Cl)nn5C5CCN(Cl)CC5)ccc2c34)C(=O)N1. The average molecular weight is 512 g/mol. The van der Waals surface area contributed by atoms with Gasteiger partial charge in [0.1, 0.15) is 6.04 Å². The van der Waals surface area contributed by atoms with Gasteiger partial charge in [-0.05, 0) is 60.2 Å². The van der Waals surface area contributed by atoms with Crippen LogP contribution in [0.3, 0.4) is 0 Å². The van der Waals surface area contributed by atoms with Crippen LogP contribution in [0.4, 0.5) is 5.69 Å². The molecular formula is C25H23Cl2N5O3. The quantitative estimate of drug-likeness (QED) is 0.424. The third kappa shape index (κ3) is 3.80. The summed E-state index contributed by atoms with van der Waals surface area (Å²) in [6, 6.07) is 11.0. The zero-order valence-electron chi connectivity index (χ0n) is 18.8. The Morgan fingerprint density at radius 2 is 1.86 bits per heavy atom. The van der Waals surface area contributed by atoms with Crippen LogP contribution in [0.5, 0.6) is 0 Å². The van der Waals surface area contributed by atoms with Gasteiger partial charge in [0.05, 0.1) is 11.7 Å². The van der Waals surface area contributed by atoms with E-state index in [9.17, 15) is 14.4 Å². The van der Waals surface area contributed by atoms with E-state index < -0.39 is 11.9 Å². The number of anilines is 1. The highest BCUT2D eigenvalue weighted by molar-refractivity contribution is 6.29. The maximum atomic E-state index is 13.4. The Labute approximate surface area is 211 Å². The first-order valence-electron chi connectivity index (χ1n) is 11.8. The second kappa shape index (κ2) is 8.62. The maximum absolute atomic E-state index is 13.4. The molecule has 35 heavy (non-hydrogen) atoms. The zero-order chi connectivity index (χ0) is 24.3. The summed E-state index contributed by atoms with van der Waals surface area (Å²) in [7, 11) is 0. The van der Waals surface area contributed by atoms with Crippen LogP contribution in [-0.2, 0) is 16.0 Å². The molecule has 3 aliphatic heterocycles. The first-order valence-corrected chi connectivity index (χ1v) is 12.5. The summed E-state index contributed by atoms with van der Waals surface area (Å²) in [5.41, 5.74) is 3.34. The van der Waals surface area contributed by atoms with Crippen molar-refractivity contribution in [3.63, 3.8) is 0 Å². The Hall–Kier alpha value is -2.94. The number of amides is 3. The number of nitrogens with one attached hydrogen (secondary N) is 1. The lowest BCUT2D eigenvalue weighted by atomic mass is 9.97. The number of nitrogens with zero attached hydrogens (tertiary/aromatic N) is 4. The number of hydrogen-bond acceptors (Lipinski definition) is 5. The molecule has 3 aromatic rings. The molecule has 1 N–H and O–H groups in total. The molecule has 1 unspecified atom stereocenters. The first kappa shape index (κ1) is 22.5. The molecule has 2 saturated heterocycles. The van der Waals surface area contributed by atoms with Crippen molar-refractivity contribution < 1.29 is 14.4 Å². The molecule has 2 fully saturated rings. The van der Waals surface area contributed by atoms with Gasteiger partial charge in [-0.1, -0.05) is 29.8 Å². The number of hydrogen-bond donors (Lipinski definition) is 1. The lowest BCUT2D eigenvalue weighted by molar-refractivity contribution is -0.134. The number of carbonyl (C=O) groups excluding carboxylic acids is 3. The smallest absolute Gasteiger partial charge is 0.259 e. The molecule has 4 heterocycles. The van der Waals surface area contributed by atoms with Gasteiger partial charge in [0, 0.05) is 42.6 Å². The highest BCUT2D eigenvalue weighted by Gasteiger charge is 2.40. The van der Waals surface area contributed by atoms with Crippen LogP contribution in [-0.4, -0.2) is 51.1 Å². The van der Waals surface area contributed by atoms with Gasteiger partial charge in [0.15, 0.2) is 5.15 Å². The molecule has 0 saturated carbocycles. The number of carbonyl (C=O) groups is 3. The largest absolute Gasteiger partial charge is 0.295 e. The van der Waals surface area contributed by atoms with E-state index in [0.29, 0.717) is 29.2 Å². The fourth-order valence-electron chi connectivity index (χ4n) is 5.58. The third-order valence-corrected chi connectivity index (χ3v) is 7.77. The number of aromatic nitrogens is 2. The monoisotopic (exact) mass is 511 g/mol. The van der Waals surface area contributed by atoms with Crippen LogP contribution in [0, 0.1) is 0 Å². The van der Waals surface area contributed by atoms with Crippen molar-refractivity contribution in [2.45, 2.75) is 44.2 Å². The lowest BCUT2D eigenvalue weighted by Gasteiger charge is -2.30. The maximum Gasteiger partial charge on any atom is 0.259 e. The number of imide groups is 1. The van der Waals surface area contributed by atoms with Gasteiger partial charge in [0.25, 0.3) is 5.91 Å². The molecule has 180 valence electrons. The lowest BCUT2D eigenvalue weighted by Crippen LogP contribution is -2.53. The third-order valence-electron chi connectivity index (χ3n) is 7.25. The second-order valence-corrected chi connectivity index (χ2v) is 10.2. The molecule has 0 bridgehead atoms. The molecule has 10 heteroatoms. The number of rotatable bonds is 4. The molecule has 3 aliphatic rings. The van der Waals surface area contributed by atoms with Gasteiger partial charge >= 0.3 is 0 Å². The van der Waals surface area contributed by atoms with Crippen LogP contribution in [0.1, 0.15) is 53.3 Å². The Kier molecular flexibility index (Phi) is 5.55. The molecule has 2 aromatic carbocycles. The number of benzene rings is 2. The van der Waals surface area contributed by atoms with Crippen molar-refractivity contribution in [2.24, 2.45) is 0 Å². The molecule has 0 radical (unpaired) electrons. The number of halogens is 2. The van der Waals surface area contributed by atoms with Crippen molar-refractivity contribution in [3.05, 3.63) is 58.4 Å². The minimum Gasteiger partial charge on any atom is -0.295 e. The van der Waals surface area contributed by atoms with Gasteiger partial charge in [-0.2, -0.15) is 5.10 Å². The van der Waals surface area contributed by atoms with E-state index in [2.05, 4.69) is 10.4 Å². The molecule has 8 nitrogen and oxygen atoms in total. The van der Waals surface area contributed by atoms with E-state index in [1.165, 1.54) is 0 Å². The second-order valence-electron chi connectivity index (χ2n) is 9.33. The number of piperidine rings is 2. The van der Waals surface area contributed by atoms with Gasteiger partial charge in [0.2, 0.25) is 11.8 Å². The van der Waals surface area contributed by atoms with Crippen LogP contribution in [0.15, 0.2) is 36.4 Å². The zero-order valence-corrected chi connectivity index (χ0v) is 20.3. The van der Waals surface area contributed by atoms with Crippen LogP contribution >= 0.6 is 23.4 Å². The van der Waals surface area contributed by atoms with Crippen LogP contribution < -0.4 is 10.2 Å². The molecular weight excluding hydrogens is 489 g/mol. The average Bonchev–Trinajstić information content (AvgIpc) is 3.34. The highest BCUT2D eigenvalue weighted by atomic mass is 35.5.